The molecular weight excluding hydrogens is 292 g/mol. The molecule has 0 atom stereocenters. The lowest BCUT2D eigenvalue weighted by Crippen LogP contribution is -1.89. The van der Waals surface area contributed by atoms with Crippen LogP contribution in [0.25, 0.3) is 20.2 Å². The van der Waals surface area contributed by atoms with Crippen molar-refractivity contribution in [3.8, 4) is 25.9 Å². The van der Waals surface area contributed by atoms with E-state index in [2.05, 4.69) is 0 Å². The number of aromatic hydroxyl groups is 1. The van der Waals surface area contributed by atoms with Gasteiger partial charge in [0.1, 0.15) is 10.6 Å². The molecule has 0 saturated heterocycles. The summed E-state index contributed by atoms with van der Waals surface area (Å²) in [5, 5.41) is 18.2. The molecule has 0 spiro atoms. The topological polar surface area (TPSA) is 57.5 Å². The number of carboxylic acid groups (broad SMARTS) is 1. The molecule has 5 heteroatoms. The molecule has 0 bridgehead atoms. The number of aromatic carboxylic acids is 1. The van der Waals surface area contributed by atoms with Gasteiger partial charge in [0, 0.05) is 14.6 Å². The molecule has 0 radical (unpaired) electrons. The molecule has 100 valence electrons. The number of hydrogen-bond donors (Lipinski definition) is 2. The van der Waals surface area contributed by atoms with Crippen molar-refractivity contribution in [3.63, 3.8) is 0 Å². The predicted molar refractivity (Wildman–Crippen MR) is 81.7 cm³/mol. The molecular formula is C15H10O3S2. The van der Waals surface area contributed by atoms with Crippen LogP contribution in [0, 0.1) is 0 Å². The number of rotatable bonds is 3. The second-order valence-corrected chi connectivity index (χ2v) is 6.35. The number of phenols is 1. The number of phenolic OH excluding ortho intramolecular Hbond substituents is 1. The zero-order valence-electron chi connectivity index (χ0n) is 10.2. The van der Waals surface area contributed by atoms with E-state index in [1.807, 2.05) is 30.3 Å². The Morgan fingerprint density at radius 1 is 0.800 bits per heavy atom. The van der Waals surface area contributed by atoms with Gasteiger partial charge in [-0.1, -0.05) is 0 Å². The van der Waals surface area contributed by atoms with E-state index in [0.29, 0.717) is 4.88 Å². The van der Waals surface area contributed by atoms with Crippen molar-refractivity contribution in [2.45, 2.75) is 0 Å². The van der Waals surface area contributed by atoms with Crippen LogP contribution in [-0.2, 0) is 0 Å². The normalized spacial score (nSPS) is 10.6. The van der Waals surface area contributed by atoms with Crippen LogP contribution in [0.4, 0.5) is 0 Å². The Morgan fingerprint density at radius 2 is 1.40 bits per heavy atom. The summed E-state index contributed by atoms with van der Waals surface area (Å²) in [6, 6.07) is 14.5. The molecule has 0 amide bonds. The van der Waals surface area contributed by atoms with E-state index in [1.165, 1.54) is 11.3 Å². The Bertz CT molecular complexity index is 754. The minimum absolute atomic E-state index is 0.245. The minimum atomic E-state index is -0.892. The van der Waals surface area contributed by atoms with Crippen molar-refractivity contribution in [3.05, 3.63) is 53.4 Å². The lowest BCUT2D eigenvalue weighted by molar-refractivity contribution is 0.0702. The lowest BCUT2D eigenvalue weighted by Gasteiger charge is -1.97. The highest BCUT2D eigenvalue weighted by Gasteiger charge is 2.10. The molecule has 2 heterocycles. The van der Waals surface area contributed by atoms with Gasteiger partial charge in [0.2, 0.25) is 0 Å². The Hall–Kier alpha value is -2.11. The van der Waals surface area contributed by atoms with Gasteiger partial charge >= 0.3 is 5.97 Å². The summed E-state index contributed by atoms with van der Waals surface area (Å²) in [7, 11) is 0. The maximum Gasteiger partial charge on any atom is 0.345 e. The molecule has 2 N–H and O–H groups in total. The molecule has 3 aromatic rings. The number of carboxylic acids is 1. The fourth-order valence-corrected chi connectivity index (χ4v) is 3.78. The third kappa shape index (κ3) is 2.45. The highest BCUT2D eigenvalue weighted by atomic mass is 32.1. The van der Waals surface area contributed by atoms with E-state index < -0.39 is 5.97 Å². The van der Waals surface area contributed by atoms with Crippen LogP contribution in [0.5, 0.6) is 5.75 Å². The summed E-state index contributed by atoms with van der Waals surface area (Å²) in [6.07, 6.45) is 0. The van der Waals surface area contributed by atoms with Gasteiger partial charge in [-0.25, -0.2) is 4.79 Å². The van der Waals surface area contributed by atoms with Gasteiger partial charge in [-0.05, 0) is 54.1 Å². The Labute approximate surface area is 123 Å². The van der Waals surface area contributed by atoms with Crippen molar-refractivity contribution >= 4 is 28.6 Å². The number of benzene rings is 1. The van der Waals surface area contributed by atoms with Crippen molar-refractivity contribution in [1.29, 1.82) is 0 Å². The van der Waals surface area contributed by atoms with Crippen LogP contribution >= 0.6 is 22.7 Å². The summed E-state index contributed by atoms with van der Waals surface area (Å²) in [5.74, 6) is -0.647. The maximum absolute atomic E-state index is 10.9. The first-order valence-electron chi connectivity index (χ1n) is 5.86. The first-order chi connectivity index (χ1) is 9.63. The average molecular weight is 302 g/mol. The van der Waals surface area contributed by atoms with Gasteiger partial charge in [-0.2, -0.15) is 0 Å². The highest BCUT2D eigenvalue weighted by Crippen LogP contribution is 2.37. The first kappa shape index (κ1) is 12.9. The summed E-state index contributed by atoms with van der Waals surface area (Å²) < 4.78 is 0. The third-order valence-corrected chi connectivity index (χ3v) is 5.22. The first-order valence-corrected chi connectivity index (χ1v) is 7.49. The Kier molecular flexibility index (Phi) is 3.30. The molecule has 0 aliphatic heterocycles. The second-order valence-electron chi connectivity index (χ2n) is 4.18. The van der Waals surface area contributed by atoms with Gasteiger partial charge in [0.05, 0.1) is 0 Å². The van der Waals surface area contributed by atoms with E-state index in [9.17, 15) is 9.90 Å². The van der Waals surface area contributed by atoms with E-state index >= 15 is 0 Å². The van der Waals surface area contributed by atoms with Gasteiger partial charge in [0.25, 0.3) is 0 Å². The van der Waals surface area contributed by atoms with Crippen LogP contribution in [0.3, 0.4) is 0 Å². The van der Waals surface area contributed by atoms with Gasteiger partial charge in [-0.15, -0.1) is 22.7 Å². The SMILES string of the molecule is O=C(O)c1ccc(-c2ccc(-c3ccc(O)cc3)s2)s1. The monoisotopic (exact) mass is 302 g/mol. The van der Waals surface area contributed by atoms with Crippen molar-refractivity contribution in [1.82, 2.24) is 0 Å². The van der Waals surface area contributed by atoms with Gasteiger partial charge < -0.3 is 10.2 Å². The van der Waals surface area contributed by atoms with Crippen molar-refractivity contribution in [2.75, 3.05) is 0 Å². The number of hydrogen-bond acceptors (Lipinski definition) is 4. The Balaban J connectivity index is 1.93. The smallest absolute Gasteiger partial charge is 0.345 e. The summed E-state index contributed by atoms with van der Waals surface area (Å²) in [5.41, 5.74) is 1.04. The van der Waals surface area contributed by atoms with E-state index in [1.54, 1.807) is 29.5 Å². The minimum Gasteiger partial charge on any atom is -0.508 e. The summed E-state index contributed by atoms with van der Waals surface area (Å²) >= 11 is 2.88. The van der Waals surface area contributed by atoms with Gasteiger partial charge in [0.15, 0.2) is 0 Å². The van der Waals surface area contributed by atoms with E-state index in [-0.39, 0.29) is 5.75 Å². The van der Waals surface area contributed by atoms with Crippen LogP contribution in [0.15, 0.2) is 48.5 Å². The molecule has 0 fully saturated rings. The molecule has 3 rings (SSSR count). The molecule has 0 aliphatic rings. The Morgan fingerprint density at radius 3 is 2.05 bits per heavy atom. The molecule has 0 saturated carbocycles. The zero-order valence-corrected chi connectivity index (χ0v) is 11.9. The van der Waals surface area contributed by atoms with Crippen LogP contribution in [0.1, 0.15) is 9.67 Å². The molecule has 2 aromatic heterocycles. The highest BCUT2D eigenvalue weighted by molar-refractivity contribution is 7.24. The largest absolute Gasteiger partial charge is 0.508 e. The van der Waals surface area contributed by atoms with Crippen LogP contribution < -0.4 is 0 Å². The van der Waals surface area contributed by atoms with E-state index in [4.69, 9.17) is 5.11 Å². The fraction of sp³-hybridized carbons (Fsp3) is 0. The quantitative estimate of drug-likeness (QED) is 0.746. The maximum atomic E-state index is 10.9. The summed E-state index contributed by atoms with van der Waals surface area (Å²) in [6.45, 7) is 0. The van der Waals surface area contributed by atoms with Crippen LogP contribution in [0.2, 0.25) is 0 Å². The predicted octanol–water partition coefficient (Wildman–Crippen LogP) is 4.55. The number of thiophene rings is 2. The number of carbonyl (C=O) groups is 1. The second kappa shape index (κ2) is 5.11. The lowest BCUT2D eigenvalue weighted by atomic mass is 10.2. The molecule has 0 unspecified atom stereocenters. The average Bonchev–Trinajstić information content (AvgIpc) is 3.08. The van der Waals surface area contributed by atoms with Crippen LogP contribution in [-0.4, -0.2) is 16.2 Å². The third-order valence-electron chi connectivity index (χ3n) is 2.82. The zero-order chi connectivity index (χ0) is 14.1. The molecule has 3 nitrogen and oxygen atoms in total. The molecule has 1 aromatic carbocycles. The van der Waals surface area contributed by atoms with Gasteiger partial charge in [-0.3, -0.25) is 0 Å². The standard InChI is InChI=1S/C15H10O3S2/c16-10-3-1-9(2-4-10)11-5-6-12(19-11)13-7-8-14(20-13)15(17)18/h1-8,16H,(H,17,18). The summed E-state index contributed by atoms with van der Waals surface area (Å²) in [4.78, 5) is 14.3. The van der Waals surface area contributed by atoms with E-state index in [0.717, 1.165) is 20.2 Å². The molecule has 0 aliphatic carbocycles. The molecule has 20 heavy (non-hydrogen) atoms. The fourth-order valence-electron chi connectivity index (χ4n) is 1.84. The van der Waals surface area contributed by atoms with Crippen molar-refractivity contribution < 1.29 is 15.0 Å². The van der Waals surface area contributed by atoms with Crippen molar-refractivity contribution in [2.24, 2.45) is 0 Å².